The minimum atomic E-state index is 1.08. The van der Waals surface area contributed by atoms with Crippen molar-refractivity contribution >= 4 is 6.08 Å². The highest BCUT2D eigenvalue weighted by Gasteiger charge is 1.86. The van der Waals surface area contributed by atoms with E-state index < -0.39 is 0 Å². The van der Waals surface area contributed by atoms with E-state index in [1.54, 1.807) is 18.6 Å². The summed E-state index contributed by atoms with van der Waals surface area (Å²) < 4.78 is 5.30. The van der Waals surface area contributed by atoms with Gasteiger partial charge in [-0.1, -0.05) is 49.1 Å². The van der Waals surface area contributed by atoms with Crippen molar-refractivity contribution in [3.8, 4) is 0 Å². The lowest BCUT2D eigenvalue weighted by Gasteiger charge is -1.89. The molecule has 17 heavy (non-hydrogen) atoms. The van der Waals surface area contributed by atoms with Gasteiger partial charge in [-0.25, -0.2) is 0 Å². The van der Waals surface area contributed by atoms with Crippen molar-refractivity contribution < 1.29 is 4.42 Å². The van der Waals surface area contributed by atoms with Gasteiger partial charge < -0.3 is 4.42 Å². The zero-order chi connectivity index (χ0) is 12.5. The summed E-state index contributed by atoms with van der Waals surface area (Å²) in [6.07, 6.45) is 13.0. The second kappa shape index (κ2) is 7.29. The van der Waals surface area contributed by atoms with Gasteiger partial charge in [0, 0.05) is 0 Å². The van der Waals surface area contributed by atoms with Gasteiger partial charge in [0.25, 0.3) is 0 Å². The molecule has 1 heterocycles. The van der Waals surface area contributed by atoms with Crippen LogP contribution in [0.25, 0.3) is 6.08 Å². The number of hydrogen-bond donors (Lipinski definition) is 0. The van der Waals surface area contributed by atoms with Crippen molar-refractivity contribution in [1.29, 1.82) is 0 Å². The molecule has 0 aliphatic rings. The Morgan fingerprint density at radius 3 is 2.59 bits per heavy atom. The molecule has 1 rings (SSSR count). The molecule has 0 bridgehead atoms. The molecule has 0 spiro atoms. The summed E-state index contributed by atoms with van der Waals surface area (Å²) >= 11 is 0. The molecule has 1 aromatic rings. The van der Waals surface area contributed by atoms with Crippen LogP contribution < -0.4 is 0 Å². The average molecular weight is 226 g/mol. The lowest BCUT2D eigenvalue weighted by atomic mass is 10.2. The van der Waals surface area contributed by atoms with Gasteiger partial charge in [-0.05, 0) is 36.6 Å². The second-order valence-corrected chi connectivity index (χ2v) is 3.74. The molecule has 0 atom stereocenters. The molecule has 0 N–H and O–H groups in total. The normalized spacial score (nSPS) is 10.7. The summed E-state index contributed by atoms with van der Waals surface area (Å²) in [7, 11) is 0. The summed E-state index contributed by atoms with van der Waals surface area (Å²) in [5, 5.41) is 0. The fourth-order valence-corrected chi connectivity index (χ4v) is 1.18. The lowest BCUT2D eigenvalue weighted by Crippen LogP contribution is -1.72. The van der Waals surface area contributed by atoms with Crippen LogP contribution in [-0.2, 0) is 0 Å². The topological polar surface area (TPSA) is 13.1 Å². The summed E-state index contributed by atoms with van der Waals surface area (Å²) in [6, 6.07) is 6.08. The smallest absolute Gasteiger partial charge is 0.0933 e. The Labute approximate surface area is 103 Å². The van der Waals surface area contributed by atoms with Crippen LogP contribution in [0.5, 0.6) is 0 Å². The molecule has 0 aliphatic heterocycles. The third-order valence-electron chi connectivity index (χ3n) is 2.38. The van der Waals surface area contributed by atoms with Crippen LogP contribution in [0.3, 0.4) is 0 Å². The molecule has 0 radical (unpaired) electrons. The van der Waals surface area contributed by atoms with Crippen molar-refractivity contribution in [1.82, 2.24) is 0 Å². The number of rotatable bonds is 3. The maximum Gasteiger partial charge on any atom is 0.0933 e. The van der Waals surface area contributed by atoms with E-state index in [4.69, 9.17) is 4.42 Å². The highest BCUT2D eigenvalue weighted by molar-refractivity contribution is 5.50. The Kier molecular flexibility index (Phi) is 5.59. The predicted octanol–water partition coefficient (Wildman–Crippen LogP) is 4.78. The third kappa shape index (κ3) is 5.03. The highest BCUT2D eigenvalue weighted by atomic mass is 16.3. The van der Waals surface area contributed by atoms with E-state index in [1.165, 1.54) is 5.56 Å². The predicted molar refractivity (Wildman–Crippen MR) is 74.2 cm³/mol. The van der Waals surface area contributed by atoms with Gasteiger partial charge in [-0.3, -0.25) is 0 Å². The standard InChI is InChI=1S/C16H18O/c1-4-5-6-7-8-16-10-9-14(2)15(3)13-17-12-11-16/h4-13H,1H2,2-3H3/b6-5-,8-7+,12-11?,14-9?,15-13?,16-10?. The molecule has 0 unspecified atom stereocenters. The van der Waals surface area contributed by atoms with Crippen molar-refractivity contribution in [3.63, 3.8) is 0 Å². The molecule has 0 saturated carbocycles. The van der Waals surface area contributed by atoms with Crippen molar-refractivity contribution in [2.75, 3.05) is 0 Å². The van der Waals surface area contributed by atoms with Gasteiger partial charge in [0.2, 0.25) is 0 Å². The second-order valence-electron chi connectivity index (χ2n) is 3.74. The summed E-state index contributed by atoms with van der Waals surface area (Å²) in [4.78, 5) is 0. The molecule has 0 aliphatic carbocycles. The molecule has 1 nitrogen and oxygen atoms in total. The molecule has 0 fully saturated rings. The molecule has 1 heteroatoms. The van der Waals surface area contributed by atoms with Gasteiger partial charge in [0.15, 0.2) is 0 Å². The average Bonchev–Trinajstić information content (AvgIpc) is 2.40. The van der Waals surface area contributed by atoms with Crippen LogP contribution in [0.2, 0.25) is 0 Å². The van der Waals surface area contributed by atoms with Crippen LogP contribution in [-0.4, -0.2) is 0 Å². The first-order valence-corrected chi connectivity index (χ1v) is 5.57. The number of aryl methyl sites for hydroxylation is 2. The minimum Gasteiger partial charge on any atom is -0.472 e. The SMILES string of the molecule is C=C/C=C\C=C\c1ccocc(C)c(C)cc1. The largest absolute Gasteiger partial charge is 0.472 e. The van der Waals surface area contributed by atoms with E-state index in [9.17, 15) is 0 Å². The van der Waals surface area contributed by atoms with Crippen LogP contribution in [0, 0.1) is 13.8 Å². The van der Waals surface area contributed by atoms with E-state index in [-0.39, 0.29) is 0 Å². The Hall–Kier alpha value is -2.02. The molecular weight excluding hydrogens is 208 g/mol. The van der Waals surface area contributed by atoms with Crippen molar-refractivity contribution in [2.24, 2.45) is 0 Å². The van der Waals surface area contributed by atoms with E-state index in [1.807, 2.05) is 37.3 Å². The van der Waals surface area contributed by atoms with Gasteiger partial charge in [0.05, 0.1) is 12.5 Å². The summed E-state index contributed by atoms with van der Waals surface area (Å²) in [5.41, 5.74) is 3.41. The van der Waals surface area contributed by atoms with E-state index in [2.05, 4.69) is 25.6 Å². The summed E-state index contributed by atoms with van der Waals surface area (Å²) in [6.45, 7) is 7.71. The first-order chi connectivity index (χ1) is 8.24. The van der Waals surface area contributed by atoms with Gasteiger partial charge in [-0.2, -0.15) is 0 Å². The van der Waals surface area contributed by atoms with Crippen molar-refractivity contribution in [2.45, 2.75) is 13.8 Å². The van der Waals surface area contributed by atoms with Gasteiger partial charge >= 0.3 is 0 Å². The fourth-order valence-electron chi connectivity index (χ4n) is 1.18. The van der Waals surface area contributed by atoms with E-state index in [0.29, 0.717) is 0 Å². The van der Waals surface area contributed by atoms with E-state index in [0.717, 1.165) is 11.1 Å². The molecule has 0 aromatic carbocycles. The Bertz CT molecular complexity index is 474. The van der Waals surface area contributed by atoms with Gasteiger partial charge in [-0.15, -0.1) is 0 Å². The maximum absolute atomic E-state index is 5.30. The van der Waals surface area contributed by atoms with E-state index >= 15 is 0 Å². The van der Waals surface area contributed by atoms with Crippen LogP contribution >= 0.6 is 0 Å². The highest BCUT2D eigenvalue weighted by Crippen LogP contribution is 2.05. The first kappa shape index (κ1) is 13.0. The first-order valence-electron chi connectivity index (χ1n) is 5.57. The van der Waals surface area contributed by atoms with Crippen molar-refractivity contribution in [3.05, 3.63) is 78.3 Å². The quantitative estimate of drug-likeness (QED) is 0.676. The Morgan fingerprint density at radius 2 is 1.82 bits per heavy atom. The molecule has 88 valence electrons. The fraction of sp³-hybridized carbons (Fsp3) is 0.125. The molecule has 0 amide bonds. The monoisotopic (exact) mass is 226 g/mol. The number of allylic oxidation sites excluding steroid dienone is 4. The molecule has 1 aromatic heterocycles. The summed E-state index contributed by atoms with van der Waals surface area (Å²) in [5.74, 6) is 0. The zero-order valence-electron chi connectivity index (χ0n) is 10.4. The minimum absolute atomic E-state index is 1.08. The van der Waals surface area contributed by atoms with Gasteiger partial charge in [0.1, 0.15) is 0 Å². The Morgan fingerprint density at radius 1 is 1.00 bits per heavy atom. The lowest BCUT2D eigenvalue weighted by molar-refractivity contribution is 0.550. The third-order valence-corrected chi connectivity index (χ3v) is 2.38. The van der Waals surface area contributed by atoms with Crippen LogP contribution in [0.15, 0.2) is 66.0 Å². The van der Waals surface area contributed by atoms with Crippen LogP contribution in [0.1, 0.15) is 16.7 Å². The maximum atomic E-state index is 5.30. The van der Waals surface area contributed by atoms with Crippen LogP contribution in [0.4, 0.5) is 0 Å². The zero-order valence-corrected chi connectivity index (χ0v) is 10.4. The molecule has 0 saturated heterocycles. The number of hydrogen-bond acceptors (Lipinski definition) is 1. The molecular formula is C16H18O. The Balaban J connectivity index is 3.06.